The first-order chi connectivity index (χ1) is 7.06. The Kier molecular flexibility index (Phi) is 4.33. The summed E-state index contributed by atoms with van der Waals surface area (Å²) in [5, 5.41) is 2.90. The van der Waals surface area contributed by atoms with Crippen LogP contribution < -0.4 is 11.1 Å². The maximum absolute atomic E-state index is 11.6. The summed E-state index contributed by atoms with van der Waals surface area (Å²) in [6.07, 6.45) is 7.60. The van der Waals surface area contributed by atoms with Crippen molar-refractivity contribution in [1.82, 2.24) is 5.32 Å². The third-order valence-corrected chi connectivity index (χ3v) is 3.12. The maximum atomic E-state index is 11.6. The number of hydrogen-bond acceptors (Lipinski definition) is 2. The van der Waals surface area contributed by atoms with E-state index >= 15 is 0 Å². The van der Waals surface area contributed by atoms with Crippen molar-refractivity contribution in [1.29, 1.82) is 0 Å². The molecule has 0 aromatic carbocycles. The third-order valence-electron chi connectivity index (χ3n) is 3.12. The van der Waals surface area contributed by atoms with Gasteiger partial charge in [-0.25, -0.2) is 0 Å². The fourth-order valence-corrected chi connectivity index (χ4v) is 1.66. The van der Waals surface area contributed by atoms with E-state index in [0.29, 0.717) is 6.42 Å². The van der Waals surface area contributed by atoms with E-state index in [4.69, 9.17) is 5.73 Å². The maximum Gasteiger partial charge on any atom is 0.239 e. The molecule has 3 nitrogen and oxygen atoms in total. The van der Waals surface area contributed by atoms with Crippen LogP contribution in [0.3, 0.4) is 0 Å². The van der Waals surface area contributed by atoms with E-state index in [1.54, 1.807) is 6.92 Å². The second-order valence-electron chi connectivity index (χ2n) is 4.53. The molecule has 1 rings (SSSR count). The van der Waals surface area contributed by atoms with Crippen molar-refractivity contribution in [3.63, 3.8) is 0 Å². The molecule has 0 radical (unpaired) electrons. The summed E-state index contributed by atoms with van der Waals surface area (Å²) in [5.74, 6) is -0.0383. The molecule has 0 saturated heterocycles. The van der Waals surface area contributed by atoms with E-state index in [-0.39, 0.29) is 5.91 Å². The highest BCUT2D eigenvalue weighted by atomic mass is 16.2. The van der Waals surface area contributed by atoms with Crippen LogP contribution in [-0.4, -0.2) is 18.0 Å². The van der Waals surface area contributed by atoms with Gasteiger partial charge in [0.15, 0.2) is 0 Å². The van der Waals surface area contributed by atoms with Gasteiger partial charge in [0, 0.05) is 6.54 Å². The largest absolute Gasteiger partial charge is 0.354 e. The topological polar surface area (TPSA) is 55.1 Å². The van der Waals surface area contributed by atoms with E-state index in [2.05, 4.69) is 11.4 Å². The second-order valence-corrected chi connectivity index (χ2v) is 4.53. The monoisotopic (exact) mass is 210 g/mol. The van der Waals surface area contributed by atoms with Crippen LogP contribution in [0.4, 0.5) is 0 Å². The summed E-state index contributed by atoms with van der Waals surface area (Å²) >= 11 is 0. The van der Waals surface area contributed by atoms with E-state index in [1.807, 2.05) is 6.92 Å². The van der Waals surface area contributed by atoms with Gasteiger partial charge >= 0.3 is 0 Å². The SMILES string of the molecule is CCC(C)(N)C(=O)NCCC1=CCCC1. The number of carbonyl (C=O) groups excluding carboxylic acids is 1. The van der Waals surface area contributed by atoms with E-state index in [0.717, 1.165) is 13.0 Å². The molecule has 1 aliphatic rings. The molecule has 0 spiro atoms. The molecule has 0 aromatic heterocycles. The Hall–Kier alpha value is -0.830. The minimum atomic E-state index is -0.718. The molecule has 0 aromatic rings. The Morgan fingerprint density at radius 3 is 2.93 bits per heavy atom. The van der Waals surface area contributed by atoms with E-state index < -0.39 is 5.54 Å². The normalized spacial score (nSPS) is 19.5. The predicted molar refractivity (Wildman–Crippen MR) is 62.4 cm³/mol. The standard InChI is InChI=1S/C12H22N2O/c1-3-12(2,13)11(15)14-9-8-10-6-4-5-7-10/h6H,3-5,7-9,13H2,1-2H3,(H,14,15). The van der Waals surface area contributed by atoms with Gasteiger partial charge in [-0.3, -0.25) is 4.79 Å². The van der Waals surface area contributed by atoms with Gasteiger partial charge < -0.3 is 11.1 Å². The Balaban J connectivity index is 2.22. The minimum absolute atomic E-state index is 0.0383. The van der Waals surface area contributed by atoms with Crippen LogP contribution in [0.1, 0.15) is 46.0 Å². The minimum Gasteiger partial charge on any atom is -0.354 e. The fourth-order valence-electron chi connectivity index (χ4n) is 1.66. The molecule has 1 atom stereocenters. The van der Waals surface area contributed by atoms with Gasteiger partial charge in [-0.1, -0.05) is 18.6 Å². The highest BCUT2D eigenvalue weighted by molar-refractivity contribution is 5.85. The van der Waals surface area contributed by atoms with Crippen LogP contribution in [0.25, 0.3) is 0 Å². The molecule has 0 bridgehead atoms. The van der Waals surface area contributed by atoms with Crippen LogP contribution in [0, 0.1) is 0 Å². The van der Waals surface area contributed by atoms with Crippen LogP contribution >= 0.6 is 0 Å². The number of allylic oxidation sites excluding steroid dienone is 1. The van der Waals surface area contributed by atoms with Gasteiger partial charge in [0.05, 0.1) is 5.54 Å². The highest BCUT2D eigenvalue weighted by Gasteiger charge is 2.25. The zero-order valence-corrected chi connectivity index (χ0v) is 9.81. The molecule has 0 fully saturated rings. The first kappa shape index (κ1) is 12.2. The molecule has 1 amide bonds. The zero-order chi connectivity index (χ0) is 11.3. The highest BCUT2D eigenvalue weighted by Crippen LogP contribution is 2.19. The van der Waals surface area contributed by atoms with Crippen LogP contribution in [0.5, 0.6) is 0 Å². The lowest BCUT2D eigenvalue weighted by molar-refractivity contribution is -0.125. The van der Waals surface area contributed by atoms with E-state index in [1.165, 1.54) is 24.8 Å². The smallest absolute Gasteiger partial charge is 0.239 e. The molecular weight excluding hydrogens is 188 g/mol. The summed E-state index contributed by atoms with van der Waals surface area (Å²) in [6, 6.07) is 0. The van der Waals surface area contributed by atoms with Gasteiger partial charge in [-0.05, 0) is 39.0 Å². The first-order valence-corrected chi connectivity index (χ1v) is 5.81. The van der Waals surface area contributed by atoms with Crippen molar-refractivity contribution in [3.8, 4) is 0 Å². The summed E-state index contributed by atoms with van der Waals surface area (Å²) in [5.41, 5.74) is 6.59. The Labute approximate surface area is 92.1 Å². The Morgan fingerprint density at radius 1 is 1.67 bits per heavy atom. The molecule has 3 N–H and O–H groups in total. The van der Waals surface area contributed by atoms with Gasteiger partial charge in [-0.2, -0.15) is 0 Å². The number of rotatable bonds is 5. The second kappa shape index (κ2) is 5.31. The Morgan fingerprint density at radius 2 is 2.40 bits per heavy atom. The van der Waals surface area contributed by atoms with E-state index in [9.17, 15) is 4.79 Å². The zero-order valence-electron chi connectivity index (χ0n) is 9.81. The van der Waals surface area contributed by atoms with Gasteiger partial charge in [0.1, 0.15) is 0 Å². The average Bonchev–Trinajstić information content (AvgIpc) is 2.70. The quantitative estimate of drug-likeness (QED) is 0.679. The number of nitrogens with one attached hydrogen (secondary N) is 1. The Bertz CT molecular complexity index is 256. The fraction of sp³-hybridized carbons (Fsp3) is 0.750. The van der Waals surface area contributed by atoms with Crippen molar-refractivity contribution in [2.75, 3.05) is 6.54 Å². The summed E-state index contributed by atoms with van der Waals surface area (Å²) in [7, 11) is 0. The van der Waals surface area contributed by atoms with Crippen molar-refractivity contribution in [2.24, 2.45) is 5.73 Å². The van der Waals surface area contributed by atoms with Crippen molar-refractivity contribution >= 4 is 5.91 Å². The molecular formula is C12H22N2O. The molecule has 1 aliphatic carbocycles. The molecule has 0 saturated carbocycles. The van der Waals surface area contributed by atoms with Gasteiger partial charge in [0.2, 0.25) is 5.91 Å². The number of amides is 1. The van der Waals surface area contributed by atoms with Crippen LogP contribution in [0.15, 0.2) is 11.6 Å². The van der Waals surface area contributed by atoms with Crippen molar-refractivity contribution < 1.29 is 4.79 Å². The lowest BCUT2D eigenvalue weighted by Crippen LogP contribution is -2.51. The molecule has 15 heavy (non-hydrogen) atoms. The molecule has 0 aliphatic heterocycles. The van der Waals surface area contributed by atoms with Gasteiger partial charge in [-0.15, -0.1) is 0 Å². The predicted octanol–water partition coefficient (Wildman–Crippen LogP) is 1.73. The third kappa shape index (κ3) is 3.67. The molecule has 0 heterocycles. The molecule has 1 unspecified atom stereocenters. The van der Waals surface area contributed by atoms with Crippen LogP contribution in [0.2, 0.25) is 0 Å². The summed E-state index contributed by atoms with van der Waals surface area (Å²) in [4.78, 5) is 11.6. The number of hydrogen-bond donors (Lipinski definition) is 2. The van der Waals surface area contributed by atoms with Crippen molar-refractivity contribution in [3.05, 3.63) is 11.6 Å². The molecule has 86 valence electrons. The first-order valence-electron chi connectivity index (χ1n) is 5.81. The lowest BCUT2D eigenvalue weighted by Gasteiger charge is -2.21. The summed E-state index contributed by atoms with van der Waals surface area (Å²) < 4.78 is 0. The molecule has 3 heteroatoms. The summed E-state index contributed by atoms with van der Waals surface area (Å²) in [6.45, 7) is 4.42. The van der Waals surface area contributed by atoms with Gasteiger partial charge in [0.25, 0.3) is 0 Å². The van der Waals surface area contributed by atoms with Crippen molar-refractivity contribution in [2.45, 2.75) is 51.5 Å². The average molecular weight is 210 g/mol. The number of carbonyl (C=O) groups is 1. The number of nitrogens with two attached hydrogens (primary N) is 1. The lowest BCUT2D eigenvalue weighted by atomic mass is 9.99. The van der Waals surface area contributed by atoms with Crippen LogP contribution in [-0.2, 0) is 4.79 Å².